The standard InChI is InChI=1S/C24H26Cl2F5N5O5S2/c1-22(2,38)9-16-33-34-19(41-16)21-36(14(11-42-21)20(37)35-7-5-23(27,28)6-8-35)10-13(24(29,30)31)12-3-4-15(43(32,39)40)18(26)17(12)25/h3-4,11,13,21,38H,5-10H2,1-2H3,(H2,32,39,40)/t13-,21+/m1/s1. The van der Waals surface area contributed by atoms with Crippen molar-refractivity contribution in [2.24, 2.45) is 5.14 Å². The average molecular weight is 695 g/mol. The maximum Gasteiger partial charge on any atom is 0.397 e. The molecule has 0 radical (unpaired) electrons. The number of piperidine rings is 1. The Bertz CT molecular complexity index is 1520. The van der Waals surface area contributed by atoms with Gasteiger partial charge in [0, 0.05) is 37.9 Å². The van der Waals surface area contributed by atoms with Crippen LogP contribution < -0.4 is 5.14 Å². The van der Waals surface area contributed by atoms with Crippen molar-refractivity contribution < 1.29 is 44.7 Å². The van der Waals surface area contributed by atoms with Gasteiger partial charge in [-0.3, -0.25) is 4.79 Å². The molecule has 19 heteroatoms. The second kappa shape index (κ2) is 12.0. The van der Waals surface area contributed by atoms with Gasteiger partial charge in [-0.05, 0) is 25.5 Å². The number of amides is 1. The number of halogens is 7. The molecule has 2 aliphatic heterocycles. The zero-order valence-electron chi connectivity index (χ0n) is 22.5. The van der Waals surface area contributed by atoms with Gasteiger partial charge in [0.1, 0.15) is 10.6 Å². The van der Waals surface area contributed by atoms with Gasteiger partial charge in [0.15, 0.2) is 5.37 Å². The van der Waals surface area contributed by atoms with Crippen LogP contribution >= 0.6 is 35.0 Å². The second-order valence-corrected chi connectivity index (χ2v) is 14.0. The Morgan fingerprint density at radius 1 is 1.21 bits per heavy atom. The number of alkyl halides is 5. The van der Waals surface area contributed by atoms with Crippen LogP contribution in [-0.2, 0) is 21.2 Å². The molecular weight excluding hydrogens is 668 g/mol. The molecule has 1 saturated heterocycles. The van der Waals surface area contributed by atoms with E-state index in [4.69, 9.17) is 32.8 Å². The van der Waals surface area contributed by atoms with Gasteiger partial charge < -0.3 is 19.3 Å². The first-order valence-electron chi connectivity index (χ1n) is 12.6. The predicted molar refractivity (Wildman–Crippen MR) is 147 cm³/mol. The van der Waals surface area contributed by atoms with E-state index in [0.717, 1.165) is 33.7 Å². The fourth-order valence-electron chi connectivity index (χ4n) is 4.57. The van der Waals surface area contributed by atoms with Crippen LogP contribution in [0.15, 0.2) is 32.6 Å². The number of hydrogen-bond acceptors (Lipinski definition) is 9. The van der Waals surface area contributed by atoms with Crippen LogP contribution in [-0.4, -0.2) is 76.8 Å². The molecule has 1 aromatic heterocycles. The smallest absolute Gasteiger partial charge is 0.397 e. The third-order valence-electron chi connectivity index (χ3n) is 6.71. The fraction of sp³-hybridized carbons (Fsp3) is 0.542. The largest absolute Gasteiger partial charge is 0.422 e. The summed E-state index contributed by atoms with van der Waals surface area (Å²) >= 11 is 13.1. The first-order chi connectivity index (χ1) is 19.7. The van der Waals surface area contributed by atoms with Gasteiger partial charge in [0.25, 0.3) is 11.8 Å². The number of nitrogens with zero attached hydrogens (tertiary/aromatic N) is 4. The number of benzene rings is 1. The van der Waals surface area contributed by atoms with Crippen molar-refractivity contribution in [3.8, 4) is 0 Å². The van der Waals surface area contributed by atoms with E-state index in [1.54, 1.807) is 0 Å². The van der Waals surface area contributed by atoms with Crippen molar-refractivity contribution in [2.75, 3.05) is 19.6 Å². The summed E-state index contributed by atoms with van der Waals surface area (Å²) in [5, 5.41) is 21.7. The molecule has 3 N–H and O–H groups in total. The van der Waals surface area contributed by atoms with Gasteiger partial charge in [-0.25, -0.2) is 22.3 Å². The molecule has 2 aromatic rings. The second-order valence-electron chi connectivity index (χ2n) is 10.7. The minimum Gasteiger partial charge on any atom is -0.422 e. The Hall–Kier alpha value is -2.18. The number of carbonyl (C=O) groups excluding carboxylic acids is 1. The molecule has 238 valence electrons. The summed E-state index contributed by atoms with van der Waals surface area (Å²) in [5.74, 6) is -6.38. The van der Waals surface area contributed by atoms with E-state index < -0.39 is 84.8 Å². The number of thioether (sulfide) groups is 1. The molecule has 2 atom stereocenters. The Morgan fingerprint density at radius 2 is 1.84 bits per heavy atom. The number of carbonyl (C=O) groups is 1. The van der Waals surface area contributed by atoms with Crippen LogP contribution in [0.25, 0.3) is 0 Å². The molecule has 4 rings (SSSR count). The monoisotopic (exact) mass is 693 g/mol. The van der Waals surface area contributed by atoms with Crippen LogP contribution in [0, 0.1) is 0 Å². The Balaban J connectivity index is 1.74. The van der Waals surface area contributed by atoms with E-state index in [0.29, 0.717) is 0 Å². The maximum atomic E-state index is 14.6. The van der Waals surface area contributed by atoms with Gasteiger partial charge in [-0.2, -0.15) is 13.2 Å². The summed E-state index contributed by atoms with van der Waals surface area (Å²) in [5.41, 5.74) is -2.08. The highest BCUT2D eigenvalue weighted by Crippen LogP contribution is 2.48. The van der Waals surface area contributed by atoms with Gasteiger partial charge in [-0.15, -0.1) is 10.2 Å². The SMILES string of the molecule is CC(C)(O)Cc1nnc([C@@H]2SC=C(C(=O)N3CCC(F)(F)CC3)N2C[C@H](c2ccc(S(N)(=O)=O)c(Cl)c2Cl)C(F)(F)F)o1. The third kappa shape index (κ3) is 7.73. The normalized spacial score (nSPS) is 20.3. The third-order valence-corrected chi connectivity index (χ3v) is 9.75. The molecule has 1 fully saturated rings. The lowest BCUT2D eigenvalue weighted by Crippen LogP contribution is -2.46. The minimum atomic E-state index is -5.00. The van der Waals surface area contributed by atoms with E-state index in [-0.39, 0.29) is 37.0 Å². The number of aromatic nitrogens is 2. The first kappa shape index (κ1) is 33.7. The Labute approximate surface area is 257 Å². The zero-order valence-corrected chi connectivity index (χ0v) is 25.7. The molecule has 0 aliphatic carbocycles. The van der Waals surface area contributed by atoms with E-state index in [2.05, 4.69) is 10.2 Å². The zero-order chi connectivity index (χ0) is 32.1. The lowest BCUT2D eigenvalue weighted by molar-refractivity contribution is -0.155. The fourth-order valence-corrected chi connectivity index (χ4v) is 7.08. The first-order valence-corrected chi connectivity index (χ1v) is 15.8. The summed E-state index contributed by atoms with van der Waals surface area (Å²) in [6.45, 7) is 1.37. The predicted octanol–water partition coefficient (Wildman–Crippen LogP) is 4.83. The topological polar surface area (TPSA) is 143 Å². The highest BCUT2D eigenvalue weighted by molar-refractivity contribution is 8.02. The molecule has 1 aromatic carbocycles. The average Bonchev–Trinajstić information content (AvgIpc) is 3.48. The Kier molecular flexibility index (Phi) is 9.38. The Morgan fingerprint density at radius 3 is 2.40 bits per heavy atom. The van der Waals surface area contributed by atoms with Crippen molar-refractivity contribution in [3.63, 3.8) is 0 Å². The van der Waals surface area contributed by atoms with Crippen molar-refractivity contribution in [3.05, 3.63) is 50.6 Å². The molecule has 3 heterocycles. The van der Waals surface area contributed by atoms with Crippen LogP contribution in [0.1, 0.15) is 55.3 Å². The van der Waals surface area contributed by atoms with Crippen LogP contribution in [0.5, 0.6) is 0 Å². The molecule has 1 amide bonds. The number of sulfonamides is 1. The minimum absolute atomic E-state index is 0.0122. The lowest BCUT2D eigenvalue weighted by atomic mass is 9.97. The number of primary sulfonamides is 1. The van der Waals surface area contributed by atoms with E-state index in [1.165, 1.54) is 19.3 Å². The molecule has 10 nitrogen and oxygen atoms in total. The van der Waals surface area contributed by atoms with Gasteiger partial charge >= 0.3 is 6.18 Å². The van der Waals surface area contributed by atoms with Gasteiger partial charge in [0.05, 0.1) is 28.0 Å². The van der Waals surface area contributed by atoms with Crippen molar-refractivity contribution in [1.82, 2.24) is 20.0 Å². The quantitative estimate of drug-likeness (QED) is 0.372. The molecule has 0 spiro atoms. The summed E-state index contributed by atoms with van der Waals surface area (Å²) in [6, 6.07) is 1.63. The number of hydrogen-bond donors (Lipinski definition) is 2. The maximum absolute atomic E-state index is 14.6. The summed E-state index contributed by atoms with van der Waals surface area (Å²) in [7, 11) is -4.42. The van der Waals surface area contributed by atoms with Gasteiger partial charge in [0.2, 0.25) is 21.8 Å². The summed E-state index contributed by atoms with van der Waals surface area (Å²) in [6.07, 6.45) is -6.30. The molecule has 0 unspecified atom stereocenters. The number of aliphatic hydroxyl groups is 1. The van der Waals surface area contributed by atoms with Crippen molar-refractivity contribution >= 4 is 50.9 Å². The number of rotatable bonds is 8. The summed E-state index contributed by atoms with van der Waals surface area (Å²) in [4.78, 5) is 15.0. The van der Waals surface area contributed by atoms with E-state index in [9.17, 15) is 40.3 Å². The molecule has 0 saturated carbocycles. The van der Waals surface area contributed by atoms with Crippen LogP contribution in [0.2, 0.25) is 10.0 Å². The van der Waals surface area contributed by atoms with Crippen molar-refractivity contribution in [2.45, 2.75) is 67.0 Å². The molecule has 43 heavy (non-hydrogen) atoms. The number of likely N-dealkylation sites (tertiary alicyclic amines) is 1. The van der Waals surface area contributed by atoms with Crippen molar-refractivity contribution in [1.29, 1.82) is 0 Å². The van der Waals surface area contributed by atoms with Crippen LogP contribution in [0.4, 0.5) is 22.0 Å². The molecule has 2 aliphatic rings. The van der Waals surface area contributed by atoms with Gasteiger partial charge in [-0.1, -0.05) is 41.0 Å². The highest BCUT2D eigenvalue weighted by atomic mass is 35.5. The highest BCUT2D eigenvalue weighted by Gasteiger charge is 2.48. The molecule has 0 bridgehead atoms. The lowest BCUT2D eigenvalue weighted by Gasteiger charge is -2.36. The van der Waals surface area contributed by atoms with E-state index >= 15 is 0 Å². The van der Waals surface area contributed by atoms with E-state index in [1.807, 2.05) is 0 Å². The molecular formula is C24H26Cl2F5N5O5S2. The van der Waals surface area contributed by atoms with Crippen LogP contribution in [0.3, 0.4) is 0 Å². The number of nitrogens with two attached hydrogens (primary N) is 1. The summed E-state index contributed by atoms with van der Waals surface area (Å²) < 4.78 is 101.